The molecule has 1 aliphatic rings. The molecule has 0 saturated heterocycles. The Bertz CT molecular complexity index is 1170. The van der Waals surface area contributed by atoms with Gasteiger partial charge in [-0.05, 0) is 30.5 Å². The summed E-state index contributed by atoms with van der Waals surface area (Å²) in [5, 5.41) is 10.6. The highest BCUT2D eigenvalue weighted by Gasteiger charge is 2.30. The smallest absolute Gasteiger partial charge is 0.233 e. The van der Waals surface area contributed by atoms with Crippen molar-refractivity contribution in [2.24, 2.45) is 0 Å². The molecule has 0 radical (unpaired) electrons. The topological polar surface area (TPSA) is 63.9 Å². The number of para-hydroxylation sites is 1. The van der Waals surface area contributed by atoms with E-state index >= 15 is 0 Å². The highest BCUT2D eigenvalue weighted by molar-refractivity contribution is 7.99. The van der Waals surface area contributed by atoms with Crippen molar-refractivity contribution in [3.05, 3.63) is 71.0 Å². The van der Waals surface area contributed by atoms with E-state index in [9.17, 15) is 4.79 Å². The monoisotopic (exact) mass is 449 g/mol. The van der Waals surface area contributed by atoms with E-state index in [4.69, 9.17) is 0 Å². The Morgan fingerprint density at radius 3 is 2.68 bits per heavy atom. The van der Waals surface area contributed by atoms with Crippen LogP contribution in [-0.2, 0) is 17.9 Å². The number of carbonyl (C=O) groups is 1. The van der Waals surface area contributed by atoms with Gasteiger partial charge in [0.15, 0.2) is 5.16 Å². The lowest BCUT2D eigenvalue weighted by Crippen LogP contribution is -2.27. The Hall–Kier alpha value is -2.71. The van der Waals surface area contributed by atoms with Crippen molar-refractivity contribution in [1.82, 2.24) is 24.6 Å². The molecule has 158 valence electrons. The molecule has 0 unspecified atom stereocenters. The van der Waals surface area contributed by atoms with Gasteiger partial charge in [0.25, 0.3) is 0 Å². The van der Waals surface area contributed by atoms with Crippen LogP contribution < -0.4 is 0 Å². The molecule has 2 heterocycles. The van der Waals surface area contributed by atoms with Gasteiger partial charge in [-0.1, -0.05) is 54.2 Å². The van der Waals surface area contributed by atoms with Gasteiger partial charge in [-0.15, -0.1) is 21.5 Å². The number of nitrogens with zero attached hydrogens (tertiary/aromatic N) is 5. The van der Waals surface area contributed by atoms with Crippen LogP contribution in [0.15, 0.2) is 59.8 Å². The molecule has 2 aromatic heterocycles. The van der Waals surface area contributed by atoms with E-state index in [2.05, 4.69) is 37.9 Å². The van der Waals surface area contributed by atoms with E-state index in [1.165, 1.54) is 30.2 Å². The molecule has 4 aromatic rings. The highest BCUT2D eigenvalue weighted by Crippen LogP contribution is 2.40. The van der Waals surface area contributed by atoms with Gasteiger partial charge in [-0.25, -0.2) is 4.98 Å². The van der Waals surface area contributed by atoms with Gasteiger partial charge < -0.3 is 9.47 Å². The van der Waals surface area contributed by atoms with E-state index in [1.54, 1.807) is 16.2 Å². The van der Waals surface area contributed by atoms with E-state index in [1.807, 2.05) is 43.4 Å². The lowest BCUT2D eigenvalue weighted by molar-refractivity contribution is -0.127. The zero-order valence-corrected chi connectivity index (χ0v) is 18.9. The Balaban J connectivity index is 1.25. The predicted molar refractivity (Wildman–Crippen MR) is 124 cm³/mol. The van der Waals surface area contributed by atoms with Crippen molar-refractivity contribution >= 4 is 39.2 Å². The molecule has 1 saturated carbocycles. The number of amides is 1. The SMILES string of the molecule is CN(Cc1nc2ccccc2s1)C(=O)CSc1nnc(C2CC2)n1Cc1ccccc1. The number of carbonyl (C=O) groups excluding carboxylic acids is 1. The van der Waals surface area contributed by atoms with Gasteiger partial charge in [0.1, 0.15) is 10.8 Å². The summed E-state index contributed by atoms with van der Waals surface area (Å²) in [7, 11) is 1.83. The summed E-state index contributed by atoms with van der Waals surface area (Å²) in [5.74, 6) is 1.94. The minimum atomic E-state index is 0.0616. The summed E-state index contributed by atoms with van der Waals surface area (Å²) in [6.07, 6.45) is 2.34. The van der Waals surface area contributed by atoms with Crippen molar-refractivity contribution in [3.63, 3.8) is 0 Å². The van der Waals surface area contributed by atoms with Crippen LogP contribution in [0.2, 0.25) is 0 Å². The molecule has 0 bridgehead atoms. The summed E-state index contributed by atoms with van der Waals surface area (Å²) in [4.78, 5) is 19.2. The second kappa shape index (κ2) is 8.80. The number of hydrogen-bond acceptors (Lipinski definition) is 6. The van der Waals surface area contributed by atoms with E-state index in [0.29, 0.717) is 18.2 Å². The van der Waals surface area contributed by atoms with Gasteiger partial charge in [0, 0.05) is 13.0 Å². The molecule has 6 nitrogen and oxygen atoms in total. The normalized spacial score (nSPS) is 13.6. The summed E-state index contributed by atoms with van der Waals surface area (Å²) >= 11 is 3.10. The second-order valence-electron chi connectivity index (χ2n) is 7.80. The van der Waals surface area contributed by atoms with E-state index in [-0.39, 0.29) is 5.91 Å². The number of rotatable bonds is 8. The zero-order valence-electron chi connectivity index (χ0n) is 17.3. The molecular weight excluding hydrogens is 426 g/mol. The fourth-order valence-electron chi connectivity index (χ4n) is 3.48. The van der Waals surface area contributed by atoms with Crippen LogP contribution in [0.4, 0.5) is 0 Å². The van der Waals surface area contributed by atoms with E-state index < -0.39 is 0 Å². The largest absolute Gasteiger partial charge is 0.338 e. The first-order valence-corrected chi connectivity index (χ1v) is 12.2. The maximum absolute atomic E-state index is 12.8. The summed E-state index contributed by atoms with van der Waals surface area (Å²) in [6, 6.07) is 18.4. The molecule has 31 heavy (non-hydrogen) atoms. The van der Waals surface area contributed by atoms with Gasteiger partial charge >= 0.3 is 0 Å². The Kier molecular flexibility index (Phi) is 5.74. The first-order chi connectivity index (χ1) is 15.2. The van der Waals surface area contributed by atoms with Crippen LogP contribution in [0.3, 0.4) is 0 Å². The van der Waals surface area contributed by atoms with Crippen molar-refractivity contribution < 1.29 is 4.79 Å². The van der Waals surface area contributed by atoms with Crippen molar-refractivity contribution in [1.29, 1.82) is 0 Å². The number of benzene rings is 2. The number of thioether (sulfide) groups is 1. The molecule has 8 heteroatoms. The minimum absolute atomic E-state index is 0.0616. The number of hydrogen-bond donors (Lipinski definition) is 0. The molecule has 0 spiro atoms. The zero-order chi connectivity index (χ0) is 21.2. The van der Waals surface area contributed by atoms with E-state index in [0.717, 1.165) is 32.7 Å². The summed E-state index contributed by atoms with van der Waals surface area (Å²) in [5.41, 5.74) is 2.20. The first-order valence-electron chi connectivity index (χ1n) is 10.4. The van der Waals surface area contributed by atoms with Crippen LogP contribution >= 0.6 is 23.1 Å². The maximum Gasteiger partial charge on any atom is 0.233 e. The third-order valence-corrected chi connectivity index (χ3v) is 7.31. The standard InChI is InChI=1S/C23H23N5OS2/c1-27(14-20-24-18-9-5-6-10-19(18)31-20)21(29)15-30-23-26-25-22(17-11-12-17)28(23)13-16-7-3-2-4-8-16/h2-10,17H,11-15H2,1H3. The summed E-state index contributed by atoms with van der Waals surface area (Å²) < 4.78 is 3.33. The lowest BCUT2D eigenvalue weighted by atomic mass is 10.2. The number of fused-ring (bicyclic) bond motifs is 1. The van der Waals surface area contributed by atoms with Gasteiger partial charge in [0.2, 0.25) is 5.91 Å². The van der Waals surface area contributed by atoms with Crippen molar-refractivity contribution in [2.45, 2.75) is 37.0 Å². The molecule has 0 N–H and O–H groups in total. The Labute approximate surface area is 189 Å². The third-order valence-electron chi connectivity index (χ3n) is 5.33. The van der Waals surface area contributed by atoms with Crippen LogP contribution in [-0.4, -0.2) is 43.4 Å². The predicted octanol–water partition coefficient (Wildman–Crippen LogP) is 4.56. The molecule has 1 amide bonds. The maximum atomic E-state index is 12.8. The molecule has 0 atom stereocenters. The van der Waals surface area contributed by atoms with Crippen molar-refractivity contribution in [3.8, 4) is 0 Å². The van der Waals surface area contributed by atoms with Crippen molar-refractivity contribution in [2.75, 3.05) is 12.8 Å². The number of aromatic nitrogens is 4. The van der Waals surface area contributed by atoms with Gasteiger partial charge in [-0.2, -0.15) is 0 Å². The fraction of sp³-hybridized carbons (Fsp3) is 0.304. The van der Waals surface area contributed by atoms with Crippen LogP contribution in [0, 0.1) is 0 Å². The van der Waals surface area contributed by atoms with Crippen LogP contribution in [0.5, 0.6) is 0 Å². The van der Waals surface area contributed by atoms with Gasteiger partial charge in [-0.3, -0.25) is 4.79 Å². The lowest BCUT2D eigenvalue weighted by Gasteiger charge is -2.15. The van der Waals surface area contributed by atoms with Crippen LogP contribution in [0.25, 0.3) is 10.2 Å². The molecular formula is C23H23N5OS2. The van der Waals surface area contributed by atoms with Gasteiger partial charge in [0.05, 0.1) is 29.1 Å². The minimum Gasteiger partial charge on any atom is -0.338 e. The quantitative estimate of drug-likeness (QED) is 0.369. The molecule has 0 aliphatic heterocycles. The Morgan fingerprint density at radius 1 is 1.13 bits per heavy atom. The summed E-state index contributed by atoms with van der Waals surface area (Å²) in [6.45, 7) is 1.25. The third kappa shape index (κ3) is 4.65. The average Bonchev–Trinajstić information content (AvgIpc) is 3.43. The first kappa shape index (κ1) is 20.2. The van der Waals surface area contributed by atoms with Crippen LogP contribution in [0.1, 0.15) is 35.2 Å². The number of thiazole rings is 1. The molecule has 2 aromatic carbocycles. The second-order valence-corrected chi connectivity index (χ2v) is 9.86. The molecule has 5 rings (SSSR count). The average molecular weight is 450 g/mol. The molecule has 1 aliphatic carbocycles. The Morgan fingerprint density at radius 2 is 1.90 bits per heavy atom. The molecule has 1 fully saturated rings. The highest BCUT2D eigenvalue weighted by atomic mass is 32.2. The fourth-order valence-corrected chi connectivity index (χ4v) is 5.39.